The lowest BCUT2D eigenvalue weighted by Crippen LogP contribution is -2.53. The highest BCUT2D eigenvalue weighted by molar-refractivity contribution is 9.10. The maximum absolute atomic E-state index is 12.2. The molecule has 9 heteroatoms. The van der Waals surface area contributed by atoms with E-state index in [-0.39, 0.29) is 27.6 Å². The number of ether oxygens (including phenoxy) is 2. The molecule has 2 aliphatic carbocycles. The van der Waals surface area contributed by atoms with Gasteiger partial charge in [0.05, 0.1) is 5.54 Å². The largest absolute Gasteiger partial charge is 0.444 e. The standard InChI is InChI=1S/C17H24BrNO3.C17H22BrNO2.2CH4/c1-16(2,3)22-15(21)19-17(9-10-20)8-7-13-12(11-17)5-4-6-14(13)18;1-5-17(19-15(20)21-16(2,3)4)10-9-13-12(11-17)7-6-8-14(13)18;;/h4-6,20H,7-11H2,1-3H3,(H,19,21);5-8H,1,9-11H2,2-4H3,(H,19,20);2*1H4. The number of nitrogens with one attached hydrogen (secondary N) is 2. The van der Waals surface area contributed by atoms with Crippen molar-refractivity contribution in [3.63, 3.8) is 0 Å². The molecule has 0 aliphatic heterocycles. The van der Waals surface area contributed by atoms with Gasteiger partial charge in [-0.25, -0.2) is 9.59 Å². The number of aliphatic hydroxyl groups excluding tert-OH is 1. The molecule has 0 heterocycles. The number of halogens is 2. The third-order valence-corrected chi connectivity index (χ3v) is 9.12. The zero-order valence-electron chi connectivity index (χ0n) is 26.2. The third kappa shape index (κ3) is 11.7. The highest BCUT2D eigenvalue weighted by atomic mass is 79.9. The second-order valence-electron chi connectivity index (χ2n) is 13.5. The molecule has 0 aromatic heterocycles. The van der Waals surface area contributed by atoms with Crippen LogP contribution < -0.4 is 10.6 Å². The smallest absolute Gasteiger partial charge is 0.408 e. The van der Waals surface area contributed by atoms with Crippen LogP contribution in [0.2, 0.25) is 0 Å². The number of hydrogen-bond acceptors (Lipinski definition) is 5. The molecule has 2 aromatic rings. The summed E-state index contributed by atoms with van der Waals surface area (Å²) in [5.74, 6) is 0. The summed E-state index contributed by atoms with van der Waals surface area (Å²) in [6.07, 6.45) is 6.39. The monoisotopic (exact) mass is 752 g/mol. The Morgan fingerprint density at radius 1 is 0.844 bits per heavy atom. The molecule has 2 unspecified atom stereocenters. The molecule has 3 N–H and O–H groups in total. The third-order valence-electron chi connectivity index (χ3n) is 7.64. The Hall–Kier alpha value is -2.36. The van der Waals surface area contributed by atoms with E-state index in [4.69, 9.17) is 9.47 Å². The van der Waals surface area contributed by atoms with Crippen molar-refractivity contribution < 1.29 is 24.2 Å². The van der Waals surface area contributed by atoms with E-state index < -0.39 is 28.4 Å². The second kappa shape index (κ2) is 16.5. The summed E-state index contributed by atoms with van der Waals surface area (Å²) in [7, 11) is 0. The molecule has 0 fully saturated rings. The lowest BCUT2D eigenvalue weighted by Gasteiger charge is -2.39. The number of rotatable bonds is 5. The number of hydrogen-bond donors (Lipinski definition) is 3. The van der Waals surface area contributed by atoms with E-state index in [1.807, 2.05) is 65.8 Å². The van der Waals surface area contributed by atoms with Gasteiger partial charge in [0.2, 0.25) is 0 Å². The molecule has 2 atom stereocenters. The number of fused-ring (bicyclic) bond motifs is 2. The van der Waals surface area contributed by atoms with E-state index in [1.54, 1.807) is 0 Å². The Labute approximate surface area is 288 Å². The van der Waals surface area contributed by atoms with Gasteiger partial charge in [0.15, 0.2) is 0 Å². The maximum Gasteiger partial charge on any atom is 0.408 e. The lowest BCUT2D eigenvalue weighted by molar-refractivity contribution is 0.0419. The highest BCUT2D eigenvalue weighted by Crippen LogP contribution is 2.36. The van der Waals surface area contributed by atoms with Crippen LogP contribution in [0.3, 0.4) is 0 Å². The van der Waals surface area contributed by atoms with Crippen molar-refractivity contribution in [2.75, 3.05) is 6.61 Å². The summed E-state index contributed by atoms with van der Waals surface area (Å²) in [5, 5.41) is 15.4. The van der Waals surface area contributed by atoms with Crippen molar-refractivity contribution in [3.8, 4) is 0 Å². The molecule has 0 radical (unpaired) electrons. The SMILES string of the molecule is C.C.C=CC1(NC(=O)OC(C)(C)C)CCc2c(Br)cccc2C1.CC(C)(C)OC(=O)NC1(CCO)CCc2c(Br)cccc2C1. The molecule has 2 aliphatic rings. The summed E-state index contributed by atoms with van der Waals surface area (Å²) in [4.78, 5) is 24.2. The molecular formula is C36H54Br2N2O5. The minimum atomic E-state index is -0.528. The second-order valence-corrected chi connectivity index (χ2v) is 15.2. The molecule has 252 valence electrons. The van der Waals surface area contributed by atoms with Gasteiger partial charge in [0.25, 0.3) is 0 Å². The number of alkyl carbamates (subject to hydrolysis) is 2. The molecule has 0 saturated heterocycles. The van der Waals surface area contributed by atoms with Crippen molar-refractivity contribution >= 4 is 44.0 Å². The maximum atomic E-state index is 12.2. The predicted octanol–water partition coefficient (Wildman–Crippen LogP) is 9.24. The first kappa shape index (κ1) is 40.7. The first-order valence-corrected chi connectivity index (χ1v) is 16.4. The van der Waals surface area contributed by atoms with E-state index in [0.29, 0.717) is 12.8 Å². The number of carbonyl (C=O) groups is 2. The predicted molar refractivity (Wildman–Crippen MR) is 192 cm³/mol. The van der Waals surface area contributed by atoms with Crippen molar-refractivity contribution in [2.45, 2.75) is 124 Å². The van der Waals surface area contributed by atoms with Gasteiger partial charge in [-0.2, -0.15) is 0 Å². The first-order valence-electron chi connectivity index (χ1n) is 14.8. The summed E-state index contributed by atoms with van der Waals surface area (Å²) in [6, 6.07) is 12.3. The van der Waals surface area contributed by atoms with Crippen LogP contribution in [0.5, 0.6) is 0 Å². The Morgan fingerprint density at radius 3 is 1.78 bits per heavy atom. The molecule has 45 heavy (non-hydrogen) atoms. The van der Waals surface area contributed by atoms with E-state index >= 15 is 0 Å². The van der Waals surface area contributed by atoms with Crippen molar-refractivity contribution in [2.24, 2.45) is 0 Å². The lowest BCUT2D eigenvalue weighted by atomic mass is 9.76. The zero-order chi connectivity index (χ0) is 32.1. The van der Waals surface area contributed by atoms with Crippen molar-refractivity contribution in [1.82, 2.24) is 10.6 Å². The minimum Gasteiger partial charge on any atom is -0.444 e. The van der Waals surface area contributed by atoms with Crippen LogP contribution in [-0.2, 0) is 35.2 Å². The molecule has 2 aromatic carbocycles. The van der Waals surface area contributed by atoms with Gasteiger partial charge >= 0.3 is 12.2 Å². The van der Waals surface area contributed by atoms with Gasteiger partial charge in [-0.15, -0.1) is 6.58 Å². The van der Waals surface area contributed by atoms with Crippen LogP contribution in [0.15, 0.2) is 58.0 Å². The van der Waals surface area contributed by atoms with Gasteiger partial charge in [0.1, 0.15) is 11.2 Å². The van der Waals surface area contributed by atoms with Crippen LogP contribution in [0.25, 0.3) is 0 Å². The summed E-state index contributed by atoms with van der Waals surface area (Å²) in [5.41, 5.74) is 3.17. The fraction of sp³-hybridized carbons (Fsp3) is 0.556. The normalized spacial score (nSPS) is 20.3. The molecular weight excluding hydrogens is 700 g/mol. The Balaban J connectivity index is 0.000000431. The van der Waals surface area contributed by atoms with Crippen LogP contribution in [0.1, 0.15) is 97.9 Å². The van der Waals surface area contributed by atoms with Gasteiger partial charge < -0.3 is 25.2 Å². The van der Waals surface area contributed by atoms with E-state index in [1.165, 1.54) is 22.3 Å². The fourth-order valence-corrected chi connectivity index (χ4v) is 6.86. The molecule has 4 rings (SSSR count). The molecule has 0 saturated carbocycles. The Morgan fingerprint density at radius 2 is 1.31 bits per heavy atom. The van der Waals surface area contributed by atoms with Crippen LogP contribution >= 0.6 is 31.9 Å². The van der Waals surface area contributed by atoms with Gasteiger partial charge in [-0.05, 0) is 121 Å². The topological polar surface area (TPSA) is 96.9 Å². The van der Waals surface area contributed by atoms with E-state index in [0.717, 1.165) is 41.0 Å². The average Bonchev–Trinajstić information content (AvgIpc) is 2.87. The number of aliphatic hydroxyl groups is 1. The van der Waals surface area contributed by atoms with E-state index in [2.05, 4.69) is 67.3 Å². The number of benzene rings is 2. The fourth-order valence-electron chi connectivity index (χ4n) is 5.65. The summed E-state index contributed by atoms with van der Waals surface area (Å²) < 4.78 is 13.0. The highest BCUT2D eigenvalue weighted by Gasteiger charge is 2.37. The zero-order valence-corrected chi connectivity index (χ0v) is 29.4. The van der Waals surface area contributed by atoms with Crippen molar-refractivity contribution in [1.29, 1.82) is 0 Å². The van der Waals surface area contributed by atoms with Crippen molar-refractivity contribution in [3.05, 3.63) is 80.3 Å². The summed E-state index contributed by atoms with van der Waals surface area (Å²) in [6.45, 7) is 15.1. The summed E-state index contributed by atoms with van der Waals surface area (Å²) >= 11 is 7.18. The number of amides is 2. The van der Waals surface area contributed by atoms with Gasteiger partial charge in [-0.3, -0.25) is 0 Å². The quantitative estimate of drug-likeness (QED) is 0.265. The van der Waals surface area contributed by atoms with Crippen LogP contribution in [0, 0.1) is 0 Å². The Bertz CT molecular complexity index is 1320. The molecule has 0 spiro atoms. The molecule has 7 nitrogen and oxygen atoms in total. The Kier molecular flexibility index (Phi) is 14.9. The van der Waals surface area contributed by atoms with Crippen LogP contribution in [0.4, 0.5) is 9.59 Å². The van der Waals surface area contributed by atoms with Gasteiger partial charge in [0, 0.05) is 21.1 Å². The van der Waals surface area contributed by atoms with Gasteiger partial charge in [-0.1, -0.05) is 77.1 Å². The number of carbonyl (C=O) groups excluding carboxylic acids is 2. The average molecular weight is 755 g/mol. The molecule has 0 bridgehead atoms. The van der Waals surface area contributed by atoms with Crippen LogP contribution in [-0.4, -0.2) is 46.2 Å². The first-order chi connectivity index (χ1) is 20.0. The minimum absolute atomic E-state index is 0. The molecule has 2 amide bonds. The van der Waals surface area contributed by atoms with E-state index in [9.17, 15) is 14.7 Å².